The third kappa shape index (κ3) is 2.39. The van der Waals surface area contributed by atoms with Crippen LogP contribution < -0.4 is 0 Å². The van der Waals surface area contributed by atoms with Gasteiger partial charge >= 0.3 is 6.55 Å². The molecule has 18 heavy (non-hydrogen) atoms. The molecule has 0 saturated heterocycles. The minimum Gasteiger partial charge on any atom is -0.269 e. The Labute approximate surface area is 121 Å². The van der Waals surface area contributed by atoms with Crippen LogP contribution in [0.15, 0.2) is 22.8 Å². The Morgan fingerprint density at radius 3 is 2.56 bits per heavy atom. The predicted molar refractivity (Wildman–Crippen MR) is 71.4 cm³/mol. The van der Waals surface area contributed by atoms with Crippen LogP contribution in [0.5, 0.6) is 0 Å². The number of alkyl halides is 2. The molecular weight excluding hydrogens is 349 g/mol. The van der Waals surface area contributed by atoms with Crippen molar-refractivity contribution in [3.8, 4) is 11.3 Å². The summed E-state index contributed by atoms with van der Waals surface area (Å²) in [6.45, 7) is -1.19. The summed E-state index contributed by atoms with van der Waals surface area (Å²) in [7, 11) is 0. The molecular formula is C11H7BrCl2F2N2. The van der Waals surface area contributed by atoms with Crippen LogP contribution in [0.25, 0.3) is 11.3 Å². The highest BCUT2D eigenvalue weighted by Crippen LogP contribution is 2.37. The predicted octanol–water partition coefficient (Wildman–Crippen LogP) is 5.32. The van der Waals surface area contributed by atoms with Gasteiger partial charge in [0, 0.05) is 10.6 Å². The first-order chi connectivity index (χ1) is 8.41. The summed E-state index contributed by atoms with van der Waals surface area (Å²) >= 11 is 15.0. The molecule has 2 nitrogen and oxygen atoms in total. The summed E-state index contributed by atoms with van der Waals surface area (Å²) in [5.41, 5.74) is 0.693. The Kier molecular flexibility index (Phi) is 3.94. The van der Waals surface area contributed by atoms with Crippen molar-refractivity contribution in [2.75, 3.05) is 0 Å². The van der Waals surface area contributed by atoms with E-state index in [2.05, 4.69) is 20.9 Å². The van der Waals surface area contributed by atoms with Crippen molar-refractivity contribution < 1.29 is 8.78 Å². The Bertz CT molecular complexity index is 599. The van der Waals surface area contributed by atoms with Crippen molar-refractivity contribution in [1.82, 2.24) is 9.55 Å². The van der Waals surface area contributed by atoms with Crippen molar-refractivity contribution in [1.29, 1.82) is 0 Å². The summed E-state index contributed by atoms with van der Waals surface area (Å²) in [6, 6.07) is 4.68. The number of imidazole rings is 1. The lowest BCUT2D eigenvalue weighted by Crippen LogP contribution is -2.03. The van der Waals surface area contributed by atoms with E-state index < -0.39 is 6.55 Å². The molecule has 2 aromatic rings. The lowest BCUT2D eigenvalue weighted by molar-refractivity contribution is 0.0697. The average Bonchev–Trinajstić information content (AvgIpc) is 2.53. The Balaban J connectivity index is 2.70. The molecule has 0 aliphatic heterocycles. The van der Waals surface area contributed by atoms with Crippen LogP contribution in [-0.4, -0.2) is 9.55 Å². The van der Waals surface area contributed by atoms with Gasteiger partial charge in [0.2, 0.25) is 0 Å². The van der Waals surface area contributed by atoms with E-state index in [0.717, 1.165) is 4.57 Å². The fourth-order valence-electron chi connectivity index (χ4n) is 1.67. The van der Waals surface area contributed by atoms with Crippen LogP contribution in [0.1, 0.15) is 12.4 Å². The molecule has 2 rings (SSSR count). The Hall–Kier alpha value is -0.650. The summed E-state index contributed by atoms with van der Waals surface area (Å²) < 4.78 is 27.2. The number of hydrogen-bond donors (Lipinski definition) is 0. The quantitative estimate of drug-likeness (QED) is 0.712. The SMILES string of the molecule is Cc1nc(Br)c(-c2ccc(Cl)cc2Cl)n1C(F)F. The van der Waals surface area contributed by atoms with Gasteiger partial charge in [0.25, 0.3) is 0 Å². The molecule has 0 aliphatic rings. The van der Waals surface area contributed by atoms with E-state index in [1.165, 1.54) is 13.0 Å². The first-order valence-electron chi connectivity index (χ1n) is 4.89. The molecule has 1 aromatic heterocycles. The van der Waals surface area contributed by atoms with E-state index in [-0.39, 0.29) is 11.5 Å². The van der Waals surface area contributed by atoms with E-state index in [1.807, 2.05) is 0 Å². The number of nitrogens with zero attached hydrogens (tertiary/aromatic N) is 2. The first kappa shape index (κ1) is 13.8. The van der Waals surface area contributed by atoms with Crippen molar-refractivity contribution in [2.45, 2.75) is 13.5 Å². The molecule has 0 unspecified atom stereocenters. The van der Waals surface area contributed by atoms with Crippen molar-refractivity contribution in [2.24, 2.45) is 0 Å². The summed E-state index contributed by atoms with van der Waals surface area (Å²) in [4.78, 5) is 3.98. The molecule has 0 saturated carbocycles. The second kappa shape index (κ2) is 5.15. The largest absolute Gasteiger partial charge is 0.320 e. The number of halogens is 5. The van der Waals surface area contributed by atoms with Gasteiger partial charge in [-0.1, -0.05) is 23.2 Å². The van der Waals surface area contributed by atoms with Crippen LogP contribution in [0.4, 0.5) is 8.78 Å². The van der Waals surface area contributed by atoms with Crippen LogP contribution in [0, 0.1) is 6.92 Å². The van der Waals surface area contributed by atoms with Crippen LogP contribution >= 0.6 is 39.1 Å². The minimum atomic E-state index is -2.69. The zero-order valence-electron chi connectivity index (χ0n) is 9.09. The normalized spacial score (nSPS) is 11.3. The topological polar surface area (TPSA) is 17.8 Å². The molecule has 7 heteroatoms. The zero-order valence-corrected chi connectivity index (χ0v) is 12.2. The number of hydrogen-bond acceptors (Lipinski definition) is 1. The first-order valence-corrected chi connectivity index (χ1v) is 6.44. The summed E-state index contributed by atoms with van der Waals surface area (Å²) in [6.07, 6.45) is 0. The van der Waals surface area contributed by atoms with Gasteiger partial charge in [-0.3, -0.25) is 4.57 Å². The van der Waals surface area contributed by atoms with Gasteiger partial charge in [-0.25, -0.2) is 4.98 Å². The second-order valence-electron chi connectivity index (χ2n) is 3.57. The standard InChI is InChI=1S/C11H7BrCl2F2N2/c1-5-17-10(12)9(18(5)11(15)16)7-3-2-6(13)4-8(7)14/h2-4,11H,1H3. The molecule has 0 spiro atoms. The molecule has 0 N–H and O–H groups in total. The number of benzene rings is 1. The fourth-order valence-corrected chi connectivity index (χ4v) is 2.83. The second-order valence-corrected chi connectivity index (χ2v) is 5.17. The third-order valence-electron chi connectivity index (χ3n) is 2.43. The molecule has 0 bridgehead atoms. The molecule has 0 atom stereocenters. The van der Waals surface area contributed by atoms with Crippen LogP contribution in [-0.2, 0) is 0 Å². The number of rotatable bonds is 2. The monoisotopic (exact) mass is 354 g/mol. The molecule has 1 heterocycles. The van der Waals surface area contributed by atoms with Crippen molar-refractivity contribution >= 4 is 39.1 Å². The average molecular weight is 356 g/mol. The molecule has 96 valence electrons. The van der Waals surface area contributed by atoms with E-state index in [9.17, 15) is 8.78 Å². The molecule has 1 aromatic carbocycles. The third-order valence-corrected chi connectivity index (χ3v) is 3.53. The van der Waals surface area contributed by atoms with Gasteiger partial charge in [-0.2, -0.15) is 8.78 Å². The summed E-state index contributed by atoms with van der Waals surface area (Å²) in [5.74, 6) is 0.206. The Morgan fingerprint density at radius 1 is 1.33 bits per heavy atom. The Morgan fingerprint density at radius 2 is 2.00 bits per heavy atom. The van der Waals surface area contributed by atoms with E-state index in [4.69, 9.17) is 23.2 Å². The number of aryl methyl sites for hydroxylation is 1. The van der Waals surface area contributed by atoms with E-state index in [0.29, 0.717) is 20.2 Å². The molecule has 0 aliphatic carbocycles. The van der Waals surface area contributed by atoms with Gasteiger partial charge in [-0.05, 0) is 41.1 Å². The highest BCUT2D eigenvalue weighted by Gasteiger charge is 2.22. The zero-order chi connectivity index (χ0) is 13.4. The molecule has 0 radical (unpaired) electrons. The summed E-state index contributed by atoms with van der Waals surface area (Å²) in [5, 5.41) is 0.740. The maximum absolute atomic E-state index is 13.0. The van der Waals surface area contributed by atoms with Gasteiger partial charge in [-0.15, -0.1) is 0 Å². The lowest BCUT2D eigenvalue weighted by Gasteiger charge is -2.10. The van der Waals surface area contributed by atoms with Crippen molar-refractivity contribution in [3.63, 3.8) is 0 Å². The highest BCUT2D eigenvalue weighted by molar-refractivity contribution is 9.10. The smallest absolute Gasteiger partial charge is 0.269 e. The lowest BCUT2D eigenvalue weighted by atomic mass is 10.1. The van der Waals surface area contributed by atoms with Crippen LogP contribution in [0.3, 0.4) is 0 Å². The van der Waals surface area contributed by atoms with Gasteiger partial charge < -0.3 is 0 Å². The maximum Gasteiger partial charge on any atom is 0.320 e. The van der Waals surface area contributed by atoms with Crippen molar-refractivity contribution in [3.05, 3.63) is 38.7 Å². The van der Waals surface area contributed by atoms with Gasteiger partial charge in [0.15, 0.2) is 0 Å². The van der Waals surface area contributed by atoms with E-state index >= 15 is 0 Å². The fraction of sp³-hybridized carbons (Fsp3) is 0.182. The highest BCUT2D eigenvalue weighted by atomic mass is 79.9. The van der Waals surface area contributed by atoms with E-state index in [1.54, 1.807) is 12.1 Å². The van der Waals surface area contributed by atoms with Gasteiger partial charge in [0.1, 0.15) is 10.4 Å². The molecule has 0 fully saturated rings. The number of aromatic nitrogens is 2. The van der Waals surface area contributed by atoms with Gasteiger partial charge in [0.05, 0.1) is 10.7 Å². The maximum atomic E-state index is 13.0. The van der Waals surface area contributed by atoms with Crippen LogP contribution in [0.2, 0.25) is 10.0 Å². The minimum absolute atomic E-state index is 0.206. The molecule has 0 amide bonds.